The number of ketones is 1. The van der Waals surface area contributed by atoms with Gasteiger partial charge < -0.3 is 10.1 Å². The van der Waals surface area contributed by atoms with E-state index >= 15 is 0 Å². The normalized spacial score (nSPS) is 20.8. The van der Waals surface area contributed by atoms with Gasteiger partial charge in [0.25, 0.3) is 5.91 Å². The number of pyridine rings is 1. The van der Waals surface area contributed by atoms with Gasteiger partial charge in [0.1, 0.15) is 23.4 Å². The van der Waals surface area contributed by atoms with Crippen LogP contribution in [0.3, 0.4) is 0 Å². The standard InChI is InChI=1S/C21H22F2N2O3/c1-11-16(22)6-5-14(18(11)23)15-10-21(3,4)28-19(15)20(27)25-13-7-8-24-17(9-13)12(2)26/h5-9,15,19H,10H2,1-4H3,(H,24,25,27)/t15-,19+/m1/s1. The van der Waals surface area contributed by atoms with E-state index in [0.29, 0.717) is 12.1 Å². The number of nitrogens with one attached hydrogen (secondary N) is 1. The monoisotopic (exact) mass is 388 g/mol. The molecular formula is C21H22F2N2O3. The summed E-state index contributed by atoms with van der Waals surface area (Å²) in [5.41, 5.74) is 0.144. The van der Waals surface area contributed by atoms with E-state index in [1.165, 1.54) is 38.2 Å². The maximum Gasteiger partial charge on any atom is 0.254 e. The molecule has 0 unspecified atom stereocenters. The molecule has 28 heavy (non-hydrogen) atoms. The summed E-state index contributed by atoms with van der Waals surface area (Å²) in [7, 11) is 0. The van der Waals surface area contributed by atoms with Crippen molar-refractivity contribution in [3.8, 4) is 0 Å². The Balaban J connectivity index is 1.90. The van der Waals surface area contributed by atoms with Crippen molar-refractivity contribution >= 4 is 17.4 Å². The number of hydrogen-bond donors (Lipinski definition) is 1. The second-order valence-electron chi connectivity index (χ2n) is 7.66. The van der Waals surface area contributed by atoms with Gasteiger partial charge in [-0.25, -0.2) is 8.78 Å². The fourth-order valence-electron chi connectivity index (χ4n) is 3.50. The van der Waals surface area contributed by atoms with Crippen LogP contribution in [0.15, 0.2) is 30.5 Å². The van der Waals surface area contributed by atoms with Gasteiger partial charge in [-0.1, -0.05) is 6.07 Å². The molecule has 1 aromatic carbocycles. The summed E-state index contributed by atoms with van der Waals surface area (Å²) in [5, 5.41) is 2.71. The third-order valence-electron chi connectivity index (χ3n) is 4.92. The van der Waals surface area contributed by atoms with Gasteiger partial charge in [-0.3, -0.25) is 14.6 Å². The highest BCUT2D eigenvalue weighted by molar-refractivity contribution is 5.97. The van der Waals surface area contributed by atoms with E-state index in [4.69, 9.17) is 4.74 Å². The summed E-state index contributed by atoms with van der Waals surface area (Å²) < 4.78 is 34.3. The first-order valence-electron chi connectivity index (χ1n) is 8.99. The van der Waals surface area contributed by atoms with E-state index in [-0.39, 0.29) is 22.6 Å². The molecule has 0 aliphatic carbocycles. The summed E-state index contributed by atoms with van der Waals surface area (Å²) in [6.07, 6.45) is 0.872. The van der Waals surface area contributed by atoms with E-state index < -0.39 is 35.2 Å². The first-order chi connectivity index (χ1) is 13.1. The molecule has 1 N–H and O–H groups in total. The van der Waals surface area contributed by atoms with E-state index in [2.05, 4.69) is 10.3 Å². The fraction of sp³-hybridized carbons (Fsp3) is 0.381. The molecule has 1 saturated heterocycles. The van der Waals surface area contributed by atoms with Crippen LogP contribution in [0.5, 0.6) is 0 Å². The molecule has 5 nitrogen and oxygen atoms in total. The van der Waals surface area contributed by atoms with Gasteiger partial charge in [0.05, 0.1) is 5.60 Å². The largest absolute Gasteiger partial charge is 0.362 e. The van der Waals surface area contributed by atoms with Crippen molar-refractivity contribution in [1.82, 2.24) is 4.98 Å². The van der Waals surface area contributed by atoms with Gasteiger partial charge in [-0.15, -0.1) is 0 Å². The molecule has 0 saturated carbocycles. The predicted molar refractivity (Wildman–Crippen MR) is 100 cm³/mol. The number of Topliss-reactive ketones (excluding diaryl/α,β-unsaturated/α-hetero) is 1. The van der Waals surface area contributed by atoms with Crippen molar-refractivity contribution in [2.75, 3.05) is 5.32 Å². The van der Waals surface area contributed by atoms with E-state index in [1.807, 2.05) is 13.8 Å². The molecule has 3 rings (SSSR count). The van der Waals surface area contributed by atoms with Crippen LogP contribution in [-0.4, -0.2) is 28.4 Å². The molecule has 1 aliphatic heterocycles. The highest BCUT2D eigenvalue weighted by atomic mass is 19.1. The second-order valence-corrected chi connectivity index (χ2v) is 7.66. The Labute approximate surface area is 162 Å². The Morgan fingerprint density at radius 3 is 2.64 bits per heavy atom. The topological polar surface area (TPSA) is 68.3 Å². The molecule has 0 spiro atoms. The number of carbonyl (C=O) groups is 2. The zero-order chi connectivity index (χ0) is 20.6. The number of nitrogens with zero attached hydrogens (tertiary/aromatic N) is 1. The molecular weight excluding hydrogens is 366 g/mol. The zero-order valence-corrected chi connectivity index (χ0v) is 16.2. The van der Waals surface area contributed by atoms with E-state index in [0.717, 1.165) is 0 Å². The Morgan fingerprint density at radius 2 is 1.96 bits per heavy atom. The lowest BCUT2D eigenvalue weighted by Crippen LogP contribution is -2.33. The van der Waals surface area contributed by atoms with Gasteiger partial charge in [0.15, 0.2) is 5.78 Å². The Bertz CT molecular complexity index is 943. The highest BCUT2D eigenvalue weighted by Gasteiger charge is 2.46. The maximum absolute atomic E-state index is 14.7. The summed E-state index contributed by atoms with van der Waals surface area (Å²) >= 11 is 0. The number of carbonyl (C=O) groups excluding carboxylic acids is 2. The number of aromatic nitrogens is 1. The average molecular weight is 388 g/mol. The minimum absolute atomic E-state index is 0.0819. The lowest BCUT2D eigenvalue weighted by Gasteiger charge is -2.20. The van der Waals surface area contributed by atoms with Crippen LogP contribution in [0.25, 0.3) is 0 Å². The molecule has 1 fully saturated rings. The average Bonchev–Trinajstić information content (AvgIpc) is 2.95. The van der Waals surface area contributed by atoms with Crippen LogP contribution in [-0.2, 0) is 9.53 Å². The number of rotatable bonds is 4. The highest BCUT2D eigenvalue weighted by Crippen LogP contribution is 2.43. The van der Waals surface area contributed by atoms with Gasteiger partial charge >= 0.3 is 0 Å². The van der Waals surface area contributed by atoms with E-state index in [1.54, 1.807) is 6.07 Å². The number of halogens is 2. The Hall–Kier alpha value is -2.67. The quantitative estimate of drug-likeness (QED) is 0.799. The predicted octanol–water partition coefficient (Wildman–Crippen LogP) is 4.16. The first-order valence-corrected chi connectivity index (χ1v) is 8.99. The van der Waals surface area contributed by atoms with Gasteiger partial charge in [0.2, 0.25) is 0 Å². The summed E-state index contributed by atoms with van der Waals surface area (Å²) in [4.78, 5) is 28.3. The molecule has 0 bridgehead atoms. The molecule has 1 aliphatic rings. The zero-order valence-electron chi connectivity index (χ0n) is 16.2. The lowest BCUT2D eigenvalue weighted by atomic mass is 9.86. The fourth-order valence-corrected chi connectivity index (χ4v) is 3.50. The molecule has 148 valence electrons. The molecule has 2 heterocycles. The molecule has 2 aromatic rings. The number of ether oxygens (including phenoxy) is 1. The van der Waals surface area contributed by atoms with Gasteiger partial charge in [-0.05, 0) is 51.0 Å². The third-order valence-corrected chi connectivity index (χ3v) is 4.92. The number of hydrogen-bond acceptors (Lipinski definition) is 4. The Kier molecular flexibility index (Phi) is 5.30. The van der Waals surface area contributed by atoms with Crippen molar-refractivity contribution < 1.29 is 23.1 Å². The van der Waals surface area contributed by atoms with Crippen LogP contribution in [0, 0.1) is 18.6 Å². The number of benzene rings is 1. The minimum Gasteiger partial charge on any atom is -0.362 e. The second kappa shape index (κ2) is 7.39. The van der Waals surface area contributed by atoms with Crippen LogP contribution >= 0.6 is 0 Å². The third kappa shape index (κ3) is 3.94. The van der Waals surface area contributed by atoms with Crippen molar-refractivity contribution in [1.29, 1.82) is 0 Å². The van der Waals surface area contributed by atoms with Crippen LogP contribution in [0.2, 0.25) is 0 Å². The van der Waals surface area contributed by atoms with Crippen molar-refractivity contribution in [3.05, 3.63) is 58.9 Å². The van der Waals surface area contributed by atoms with Crippen molar-refractivity contribution in [2.45, 2.75) is 51.7 Å². The maximum atomic E-state index is 14.7. The van der Waals surface area contributed by atoms with Crippen LogP contribution in [0.4, 0.5) is 14.5 Å². The number of anilines is 1. The van der Waals surface area contributed by atoms with Crippen molar-refractivity contribution in [3.63, 3.8) is 0 Å². The molecule has 0 radical (unpaired) electrons. The molecule has 1 aromatic heterocycles. The van der Waals surface area contributed by atoms with E-state index in [9.17, 15) is 18.4 Å². The SMILES string of the molecule is CC(=O)c1cc(NC(=O)[C@H]2OC(C)(C)C[C@@H]2c2ccc(F)c(C)c2F)ccn1. The van der Waals surface area contributed by atoms with Crippen LogP contribution < -0.4 is 5.32 Å². The summed E-state index contributed by atoms with van der Waals surface area (Å²) in [6, 6.07) is 5.60. The van der Waals surface area contributed by atoms with Crippen molar-refractivity contribution in [2.24, 2.45) is 0 Å². The molecule has 1 amide bonds. The first kappa shape index (κ1) is 20.1. The van der Waals surface area contributed by atoms with Crippen LogP contribution in [0.1, 0.15) is 54.7 Å². The number of amides is 1. The summed E-state index contributed by atoms with van der Waals surface area (Å²) in [6.45, 7) is 6.39. The molecule has 7 heteroatoms. The Morgan fingerprint density at radius 1 is 1.25 bits per heavy atom. The van der Waals surface area contributed by atoms with Gasteiger partial charge in [0, 0.05) is 30.3 Å². The lowest BCUT2D eigenvalue weighted by molar-refractivity contribution is -0.130. The minimum atomic E-state index is -0.955. The van der Waals surface area contributed by atoms with Gasteiger partial charge in [-0.2, -0.15) is 0 Å². The smallest absolute Gasteiger partial charge is 0.254 e. The molecule has 2 atom stereocenters. The summed E-state index contributed by atoms with van der Waals surface area (Å²) in [5.74, 6) is -2.54.